The van der Waals surface area contributed by atoms with E-state index in [1.807, 2.05) is 26.0 Å². The summed E-state index contributed by atoms with van der Waals surface area (Å²) in [6.45, 7) is 3.98. The first kappa shape index (κ1) is 17.6. The summed E-state index contributed by atoms with van der Waals surface area (Å²) in [5.74, 6) is 0.514. The smallest absolute Gasteiger partial charge is 0.259 e. The molecule has 0 atom stereocenters. The Morgan fingerprint density at radius 2 is 1.89 bits per heavy atom. The molecule has 1 aliphatic rings. The van der Waals surface area contributed by atoms with E-state index in [0.717, 1.165) is 22.6 Å². The van der Waals surface area contributed by atoms with Crippen LogP contribution in [0.2, 0.25) is 4.34 Å². The Hall–Kier alpha value is -2.77. The number of nitrogens with one attached hydrogen (secondary N) is 2. The van der Waals surface area contributed by atoms with Gasteiger partial charge in [-0.2, -0.15) is 0 Å². The molecule has 8 heteroatoms. The van der Waals surface area contributed by atoms with Crippen LogP contribution in [0, 0.1) is 6.92 Å². The minimum atomic E-state index is -0.387. The second-order valence-electron chi connectivity index (χ2n) is 6.09. The van der Waals surface area contributed by atoms with Gasteiger partial charge in [0.2, 0.25) is 0 Å². The van der Waals surface area contributed by atoms with Gasteiger partial charge in [0.1, 0.15) is 5.82 Å². The van der Waals surface area contributed by atoms with E-state index in [-0.39, 0.29) is 11.8 Å². The number of aromatic nitrogens is 2. The molecule has 0 saturated carbocycles. The zero-order valence-electron chi connectivity index (χ0n) is 14.6. The number of nitrogens with zero attached hydrogens (tertiary/aromatic N) is 2. The van der Waals surface area contributed by atoms with Gasteiger partial charge in [-0.1, -0.05) is 18.5 Å². The van der Waals surface area contributed by atoms with Gasteiger partial charge in [-0.15, -0.1) is 11.3 Å². The van der Waals surface area contributed by atoms with E-state index in [1.165, 1.54) is 11.3 Å². The molecule has 3 heterocycles. The monoisotopic (exact) mass is 398 g/mol. The van der Waals surface area contributed by atoms with Gasteiger partial charge in [0.25, 0.3) is 11.8 Å². The number of aryl methyl sites for hydroxylation is 1. The van der Waals surface area contributed by atoms with E-state index in [1.54, 1.807) is 18.2 Å². The normalized spacial score (nSPS) is 12.9. The Morgan fingerprint density at radius 1 is 1.11 bits per heavy atom. The predicted molar refractivity (Wildman–Crippen MR) is 106 cm³/mol. The zero-order valence-corrected chi connectivity index (χ0v) is 16.2. The van der Waals surface area contributed by atoms with Crippen molar-refractivity contribution in [3.8, 4) is 10.7 Å². The number of benzene rings is 1. The Morgan fingerprint density at radius 3 is 2.59 bits per heavy atom. The van der Waals surface area contributed by atoms with Crippen molar-refractivity contribution in [3.63, 3.8) is 0 Å². The molecule has 6 nitrogen and oxygen atoms in total. The number of amides is 2. The van der Waals surface area contributed by atoms with Crippen LogP contribution >= 0.6 is 22.9 Å². The predicted octanol–water partition coefficient (Wildman–Crippen LogP) is 4.36. The molecule has 4 rings (SSSR count). The summed E-state index contributed by atoms with van der Waals surface area (Å²) < 4.78 is 0.676. The summed E-state index contributed by atoms with van der Waals surface area (Å²) in [5, 5.41) is 5.57. The van der Waals surface area contributed by atoms with E-state index in [0.29, 0.717) is 32.8 Å². The number of halogens is 1. The van der Waals surface area contributed by atoms with Crippen molar-refractivity contribution in [2.45, 2.75) is 20.3 Å². The molecule has 0 saturated heterocycles. The molecular formula is C19H15ClN4O2S. The molecule has 27 heavy (non-hydrogen) atoms. The van der Waals surface area contributed by atoms with Crippen molar-refractivity contribution in [2.24, 2.45) is 0 Å². The lowest BCUT2D eigenvalue weighted by molar-refractivity contribution is 0.0879. The molecule has 0 bridgehead atoms. The average Bonchev–Trinajstić information content (AvgIpc) is 3.18. The van der Waals surface area contributed by atoms with Crippen LogP contribution in [0.25, 0.3) is 10.7 Å². The van der Waals surface area contributed by atoms with Gasteiger partial charge in [0, 0.05) is 16.9 Å². The first-order chi connectivity index (χ1) is 13.0. The number of imide groups is 1. The van der Waals surface area contributed by atoms with Crippen LogP contribution in [0.3, 0.4) is 0 Å². The van der Waals surface area contributed by atoms with Crippen LogP contribution in [-0.2, 0) is 6.42 Å². The van der Waals surface area contributed by atoms with Crippen LogP contribution < -0.4 is 10.6 Å². The summed E-state index contributed by atoms with van der Waals surface area (Å²) in [4.78, 5) is 33.8. The van der Waals surface area contributed by atoms with Crippen LogP contribution in [0.15, 0.2) is 30.3 Å². The summed E-state index contributed by atoms with van der Waals surface area (Å²) in [6, 6.07) is 8.76. The van der Waals surface area contributed by atoms with E-state index in [9.17, 15) is 9.59 Å². The highest BCUT2D eigenvalue weighted by atomic mass is 35.5. The molecule has 0 radical (unpaired) electrons. The van der Waals surface area contributed by atoms with Gasteiger partial charge in [-0.3, -0.25) is 14.9 Å². The van der Waals surface area contributed by atoms with Crippen LogP contribution in [-0.4, -0.2) is 21.8 Å². The van der Waals surface area contributed by atoms with Gasteiger partial charge < -0.3 is 5.32 Å². The van der Waals surface area contributed by atoms with Gasteiger partial charge in [0.15, 0.2) is 5.82 Å². The second kappa shape index (κ2) is 6.75. The van der Waals surface area contributed by atoms with E-state index >= 15 is 0 Å². The molecule has 1 aliphatic heterocycles. The highest BCUT2D eigenvalue weighted by Crippen LogP contribution is 2.32. The zero-order chi connectivity index (χ0) is 19.1. The third kappa shape index (κ3) is 3.20. The van der Waals surface area contributed by atoms with Gasteiger partial charge in [-0.05, 0) is 43.7 Å². The van der Waals surface area contributed by atoms with Crippen molar-refractivity contribution in [1.29, 1.82) is 0 Å². The van der Waals surface area contributed by atoms with Crippen LogP contribution in [0.5, 0.6) is 0 Å². The molecule has 0 unspecified atom stereocenters. The number of hydrogen-bond donors (Lipinski definition) is 2. The van der Waals surface area contributed by atoms with Crippen LogP contribution in [0.1, 0.15) is 38.9 Å². The minimum Gasteiger partial charge on any atom is -0.340 e. The maximum Gasteiger partial charge on any atom is 0.259 e. The molecule has 0 spiro atoms. The molecule has 2 aromatic heterocycles. The standard InChI is InChI=1S/C19H15ClN4O2S/c1-3-11-9(2)21-17(14-6-7-15(20)27-14)23-16(11)22-10-4-5-12-13(8-10)19(26)24-18(12)25/h4-8H,3H2,1-2H3,(H,21,22,23)(H,24,25,26). The Labute approximate surface area is 164 Å². The SMILES string of the molecule is CCc1c(C)nc(-c2ccc(Cl)s2)nc1Nc1ccc2c(c1)C(=O)NC2=O. The molecule has 0 fully saturated rings. The van der Waals surface area contributed by atoms with E-state index in [2.05, 4.69) is 20.6 Å². The molecule has 3 aromatic rings. The summed E-state index contributed by atoms with van der Waals surface area (Å²) >= 11 is 7.46. The van der Waals surface area contributed by atoms with Crippen LogP contribution in [0.4, 0.5) is 11.5 Å². The quantitative estimate of drug-likeness (QED) is 0.638. The van der Waals surface area contributed by atoms with E-state index < -0.39 is 0 Å². The van der Waals surface area contributed by atoms with Gasteiger partial charge in [0.05, 0.1) is 20.3 Å². The Kier molecular flexibility index (Phi) is 4.41. The minimum absolute atomic E-state index is 0.360. The maximum atomic E-state index is 11.9. The molecule has 1 aromatic carbocycles. The van der Waals surface area contributed by atoms with Crippen molar-refractivity contribution in [2.75, 3.05) is 5.32 Å². The van der Waals surface area contributed by atoms with Crippen molar-refractivity contribution < 1.29 is 9.59 Å². The average molecular weight is 399 g/mol. The molecule has 2 N–H and O–H groups in total. The summed E-state index contributed by atoms with van der Waals surface area (Å²) in [6.07, 6.45) is 0.754. The third-order valence-corrected chi connectivity index (χ3v) is 5.59. The van der Waals surface area contributed by atoms with E-state index in [4.69, 9.17) is 11.6 Å². The lowest BCUT2D eigenvalue weighted by Gasteiger charge is -2.14. The highest BCUT2D eigenvalue weighted by Gasteiger charge is 2.26. The van der Waals surface area contributed by atoms with Gasteiger partial charge >= 0.3 is 0 Å². The van der Waals surface area contributed by atoms with Crippen molar-refractivity contribution in [3.05, 3.63) is 57.1 Å². The number of carbonyl (C=O) groups excluding carboxylic acids is 2. The topological polar surface area (TPSA) is 84.0 Å². The largest absolute Gasteiger partial charge is 0.340 e. The second-order valence-corrected chi connectivity index (χ2v) is 7.80. The number of carbonyl (C=O) groups is 2. The summed E-state index contributed by atoms with van der Waals surface area (Å²) in [7, 11) is 0. The molecule has 0 aliphatic carbocycles. The first-order valence-corrected chi connectivity index (χ1v) is 9.55. The lowest BCUT2D eigenvalue weighted by atomic mass is 10.1. The fourth-order valence-electron chi connectivity index (χ4n) is 3.05. The van der Waals surface area contributed by atoms with Crippen molar-refractivity contribution in [1.82, 2.24) is 15.3 Å². The number of fused-ring (bicyclic) bond motifs is 1. The number of thiophene rings is 1. The third-order valence-electron chi connectivity index (χ3n) is 4.36. The molecule has 2 amide bonds. The highest BCUT2D eigenvalue weighted by molar-refractivity contribution is 7.19. The number of anilines is 2. The number of hydrogen-bond acceptors (Lipinski definition) is 6. The lowest BCUT2D eigenvalue weighted by Crippen LogP contribution is -2.19. The van der Waals surface area contributed by atoms with Gasteiger partial charge in [-0.25, -0.2) is 9.97 Å². The molecule has 136 valence electrons. The Balaban J connectivity index is 1.75. The Bertz CT molecular complexity index is 1090. The fraction of sp³-hybridized carbons (Fsp3) is 0.158. The first-order valence-electron chi connectivity index (χ1n) is 8.36. The van der Waals surface area contributed by atoms with Crippen molar-refractivity contribution >= 4 is 46.3 Å². The number of rotatable bonds is 4. The maximum absolute atomic E-state index is 11.9. The molecular weight excluding hydrogens is 384 g/mol. The summed E-state index contributed by atoms with van der Waals surface area (Å²) in [5.41, 5.74) is 3.29. The fourth-order valence-corrected chi connectivity index (χ4v) is 4.03.